The van der Waals surface area contributed by atoms with Gasteiger partial charge in [0.05, 0.1) is 11.7 Å². The average Bonchev–Trinajstić information content (AvgIpc) is 2.81. The van der Waals surface area contributed by atoms with Crippen molar-refractivity contribution in [2.24, 2.45) is 5.92 Å². The second-order valence-corrected chi connectivity index (χ2v) is 8.11. The molecule has 2 rings (SSSR count). The Kier molecular flexibility index (Phi) is 5.44. The largest absolute Gasteiger partial charge is 0.359 e. The third-order valence-corrected chi connectivity index (χ3v) is 5.62. The third kappa shape index (κ3) is 4.53. The summed E-state index contributed by atoms with van der Waals surface area (Å²) in [7, 11) is -0.0564. The van der Waals surface area contributed by atoms with E-state index in [0.717, 1.165) is 16.7 Å². The summed E-state index contributed by atoms with van der Waals surface area (Å²) >= 11 is 0. The van der Waals surface area contributed by atoms with Crippen LogP contribution < -0.4 is 10.0 Å². The fraction of sp³-hybridized carbons (Fsp3) is 0.562. The van der Waals surface area contributed by atoms with Crippen LogP contribution in [0.2, 0.25) is 0 Å². The van der Waals surface area contributed by atoms with Gasteiger partial charge in [-0.3, -0.25) is 4.79 Å². The number of likely N-dealkylation sites (tertiary alicyclic amines) is 1. The molecule has 1 aliphatic rings. The van der Waals surface area contributed by atoms with Crippen LogP contribution in [0.5, 0.6) is 0 Å². The number of carbonyl (C=O) groups excluding carboxylic acids is 1. The third-order valence-electron chi connectivity index (χ3n) is 4.27. The Bertz CT molecular complexity index is 688. The monoisotopic (exact) mass is 339 g/mol. The van der Waals surface area contributed by atoms with E-state index < -0.39 is 16.1 Å². The first kappa shape index (κ1) is 17.9. The van der Waals surface area contributed by atoms with Crippen molar-refractivity contribution in [1.82, 2.24) is 14.9 Å². The molecule has 1 amide bonds. The van der Waals surface area contributed by atoms with Crippen molar-refractivity contribution < 1.29 is 13.2 Å². The Balaban J connectivity index is 2.14. The minimum Gasteiger partial charge on any atom is -0.359 e. The lowest BCUT2D eigenvalue weighted by Gasteiger charge is -2.19. The zero-order valence-corrected chi connectivity index (χ0v) is 14.9. The zero-order valence-electron chi connectivity index (χ0n) is 14.1. The highest BCUT2D eigenvalue weighted by molar-refractivity contribution is 7.88. The standard InChI is InChI=1S/C16H25N3O3S/c1-11-5-6-12(2)13(7-11)10-23(21,22)18-15-9-19(4)8-14(15)16(20)17-3/h5-7,14-15,18H,8-10H2,1-4H3,(H,17,20)/t14-,15-/m0/s1. The Hall–Kier alpha value is -1.44. The minimum absolute atomic E-state index is 0.0683. The van der Waals surface area contributed by atoms with Gasteiger partial charge < -0.3 is 10.2 Å². The van der Waals surface area contributed by atoms with E-state index in [9.17, 15) is 13.2 Å². The first-order valence-electron chi connectivity index (χ1n) is 7.68. The van der Waals surface area contributed by atoms with Crippen molar-refractivity contribution in [3.63, 3.8) is 0 Å². The maximum atomic E-state index is 12.5. The highest BCUT2D eigenvalue weighted by atomic mass is 32.2. The molecule has 0 aromatic heterocycles. The molecule has 2 N–H and O–H groups in total. The molecule has 7 heteroatoms. The predicted molar refractivity (Wildman–Crippen MR) is 90.5 cm³/mol. The lowest BCUT2D eigenvalue weighted by atomic mass is 10.0. The first-order valence-corrected chi connectivity index (χ1v) is 9.33. The Morgan fingerprint density at radius 3 is 2.65 bits per heavy atom. The number of hydrogen-bond donors (Lipinski definition) is 2. The Morgan fingerprint density at radius 1 is 1.30 bits per heavy atom. The summed E-state index contributed by atoms with van der Waals surface area (Å²) in [4.78, 5) is 13.9. The molecule has 23 heavy (non-hydrogen) atoms. The SMILES string of the molecule is CNC(=O)[C@H]1CN(C)C[C@@H]1NS(=O)(=O)Cc1cc(C)ccc1C. The van der Waals surface area contributed by atoms with Gasteiger partial charge >= 0.3 is 0 Å². The molecule has 0 spiro atoms. The summed E-state index contributed by atoms with van der Waals surface area (Å²) < 4.78 is 27.8. The molecule has 1 fully saturated rings. The molecule has 2 atom stereocenters. The summed E-state index contributed by atoms with van der Waals surface area (Å²) in [6.45, 7) is 4.93. The topological polar surface area (TPSA) is 78.5 Å². The number of likely N-dealkylation sites (N-methyl/N-ethyl adjacent to an activating group) is 1. The second-order valence-electron chi connectivity index (χ2n) is 6.36. The average molecular weight is 339 g/mol. The van der Waals surface area contributed by atoms with E-state index in [4.69, 9.17) is 0 Å². The molecule has 1 heterocycles. The van der Waals surface area contributed by atoms with E-state index in [1.165, 1.54) is 0 Å². The van der Waals surface area contributed by atoms with Gasteiger partial charge in [0.2, 0.25) is 15.9 Å². The summed E-state index contributed by atoms with van der Waals surface area (Å²) in [6, 6.07) is 5.39. The van der Waals surface area contributed by atoms with E-state index >= 15 is 0 Å². The van der Waals surface area contributed by atoms with Crippen LogP contribution in [0.1, 0.15) is 16.7 Å². The van der Waals surface area contributed by atoms with Crippen LogP contribution in [0, 0.1) is 19.8 Å². The van der Waals surface area contributed by atoms with E-state index in [1.807, 2.05) is 44.0 Å². The lowest BCUT2D eigenvalue weighted by Crippen LogP contribution is -2.45. The number of nitrogens with one attached hydrogen (secondary N) is 2. The molecule has 0 bridgehead atoms. The summed E-state index contributed by atoms with van der Waals surface area (Å²) in [6.07, 6.45) is 0. The number of amides is 1. The maximum absolute atomic E-state index is 12.5. The molecular weight excluding hydrogens is 314 g/mol. The van der Waals surface area contributed by atoms with Crippen molar-refractivity contribution in [3.05, 3.63) is 34.9 Å². The van der Waals surface area contributed by atoms with Crippen LogP contribution in [0.25, 0.3) is 0 Å². The van der Waals surface area contributed by atoms with Gasteiger partial charge in [0.1, 0.15) is 0 Å². The molecular formula is C16H25N3O3S. The van der Waals surface area contributed by atoms with Gasteiger partial charge in [-0.05, 0) is 32.0 Å². The maximum Gasteiger partial charge on any atom is 0.225 e. The van der Waals surface area contributed by atoms with Crippen LogP contribution in [0.3, 0.4) is 0 Å². The van der Waals surface area contributed by atoms with Crippen molar-refractivity contribution >= 4 is 15.9 Å². The molecule has 0 unspecified atom stereocenters. The molecule has 0 aliphatic carbocycles. The first-order chi connectivity index (χ1) is 10.7. The normalized spacial score (nSPS) is 22.3. The van der Waals surface area contributed by atoms with Gasteiger partial charge in [-0.25, -0.2) is 13.1 Å². The number of aryl methyl sites for hydroxylation is 2. The van der Waals surface area contributed by atoms with E-state index in [0.29, 0.717) is 13.1 Å². The fourth-order valence-electron chi connectivity index (χ4n) is 3.00. The van der Waals surface area contributed by atoms with Crippen LogP contribution in [-0.2, 0) is 20.6 Å². The van der Waals surface area contributed by atoms with Crippen LogP contribution in [0.15, 0.2) is 18.2 Å². The molecule has 128 valence electrons. The van der Waals surface area contributed by atoms with Crippen molar-refractivity contribution in [2.45, 2.75) is 25.6 Å². The molecule has 1 aromatic rings. The smallest absolute Gasteiger partial charge is 0.225 e. The quantitative estimate of drug-likeness (QED) is 0.814. The van der Waals surface area contributed by atoms with Crippen molar-refractivity contribution in [1.29, 1.82) is 0 Å². The molecule has 0 radical (unpaired) electrons. The Morgan fingerprint density at radius 2 is 2.00 bits per heavy atom. The number of nitrogens with zero attached hydrogens (tertiary/aromatic N) is 1. The van der Waals surface area contributed by atoms with Gasteiger partial charge in [-0.1, -0.05) is 23.8 Å². The van der Waals surface area contributed by atoms with Gasteiger partial charge in [0.25, 0.3) is 0 Å². The fourth-order valence-corrected chi connectivity index (χ4v) is 4.51. The van der Waals surface area contributed by atoms with Crippen molar-refractivity contribution in [2.75, 3.05) is 27.2 Å². The van der Waals surface area contributed by atoms with E-state index in [2.05, 4.69) is 10.0 Å². The molecule has 1 saturated heterocycles. The number of benzene rings is 1. The summed E-state index contributed by atoms with van der Waals surface area (Å²) in [5.41, 5.74) is 2.78. The molecule has 1 aliphatic heterocycles. The summed E-state index contributed by atoms with van der Waals surface area (Å²) in [5.74, 6) is -0.562. The van der Waals surface area contributed by atoms with E-state index in [-0.39, 0.29) is 17.6 Å². The highest BCUT2D eigenvalue weighted by Gasteiger charge is 2.37. The zero-order chi connectivity index (χ0) is 17.2. The molecule has 6 nitrogen and oxygen atoms in total. The predicted octanol–water partition coefficient (Wildman–Crippen LogP) is 0.399. The Labute approximate surface area is 138 Å². The van der Waals surface area contributed by atoms with Gasteiger partial charge in [-0.2, -0.15) is 0 Å². The number of sulfonamides is 1. The van der Waals surface area contributed by atoms with Crippen LogP contribution in [0.4, 0.5) is 0 Å². The number of carbonyl (C=O) groups is 1. The molecule has 1 aromatic carbocycles. The van der Waals surface area contributed by atoms with Crippen LogP contribution in [-0.4, -0.2) is 52.5 Å². The van der Waals surface area contributed by atoms with E-state index in [1.54, 1.807) is 7.05 Å². The molecule has 0 saturated carbocycles. The van der Waals surface area contributed by atoms with Crippen molar-refractivity contribution in [3.8, 4) is 0 Å². The van der Waals surface area contributed by atoms with Crippen LogP contribution >= 0.6 is 0 Å². The number of rotatable bonds is 5. The summed E-state index contributed by atoms with van der Waals surface area (Å²) in [5, 5.41) is 2.61. The minimum atomic E-state index is -3.51. The second kappa shape index (κ2) is 6.98. The van der Waals surface area contributed by atoms with Gasteiger partial charge in [0.15, 0.2) is 0 Å². The highest BCUT2D eigenvalue weighted by Crippen LogP contribution is 2.19. The van der Waals surface area contributed by atoms with Gasteiger partial charge in [0, 0.05) is 26.2 Å². The lowest BCUT2D eigenvalue weighted by molar-refractivity contribution is -0.124. The number of hydrogen-bond acceptors (Lipinski definition) is 4. The van der Waals surface area contributed by atoms with Gasteiger partial charge in [-0.15, -0.1) is 0 Å².